The molecule has 2 aromatic rings. The van der Waals surface area contributed by atoms with Crippen molar-refractivity contribution < 1.29 is 15.1 Å². The van der Waals surface area contributed by atoms with Gasteiger partial charge in [0.15, 0.2) is 0 Å². The highest BCUT2D eigenvalue weighted by molar-refractivity contribution is 5.67. The lowest BCUT2D eigenvalue weighted by atomic mass is 10.1. The average Bonchev–Trinajstić information content (AvgIpc) is 2.71. The summed E-state index contributed by atoms with van der Waals surface area (Å²) in [5.74, 6) is 0. The third kappa shape index (κ3) is 4.86. The number of hydrogen-bond acceptors (Lipinski definition) is 9. The molecule has 142 valence electrons. The fraction of sp³-hybridized carbons (Fsp3) is 0.222. The van der Waals surface area contributed by atoms with Crippen molar-refractivity contribution in [2.45, 2.75) is 0 Å². The van der Waals surface area contributed by atoms with Crippen molar-refractivity contribution in [3.05, 3.63) is 57.6 Å². The van der Waals surface area contributed by atoms with Crippen molar-refractivity contribution in [2.75, 3.05) is 31.2 Å². The third-order valence-corrected chi connectivity index (χ3v) is 3.77. The molecule has 0 saturated carbocycles. The molecule has 0 unspecified atom stereocenters. The first kappa shape index (κ1) is 20.5. The Hall–Kier alpha value is -3.86. The molecule has 0 radical (unpaired) electrons. The summed E-state index contributed by atoms with van der Waals surface area (Å²) in [6.45, 7) is 0.605. The number of nitro benzene ring substituents is 1. The zero-order valence-electron chi connectivity index (χ0n) is 14.7. The zero-order chi connectivity index (χ0) is 20.5. The standard InChI is InChI=1S/C18H16N6O4/c19-11-13-9-17(24(27)28)10-14(12-20)18(13)22-21-15-1-3-16(4-2-15)23(5-7-25)6-8-26/h1-4,9-10,25-26H,5-8H2. The monoisotopic (exact) mass is 380 g/mol. The number of benzene rings is 2. The van der Waals surface area contributed by atoms with E-state index in [0.29, 0.717) is 18.8 Å². The molecule has 0 heterocycles. The van der Waals surface area contributed by atoms with Crippen LogP contribution < -0.4 is 4.90 Å². The minimum absolute atomic E-state index is 0.0399. The number of aliphatic hydroxyl groups excluding tert-OH is 2. The zero-order valence-corrected chi connectivity index (χ0v) is 14.7. The molecule has 0 aliphatic carbocycles. The summed E-state index contributed by atoms with van der Waals surface area (Å²) < 4.78 is 0. The van der Waals surface area contributed by atoms with Gasteiger partial charge in [-0.05, 0) is 24.3 Å². The van der Waals surface area contributed by atoms with Crippen LogP contribution in [0.3, 0.4) is 0 Å². The molecule has 0 aliphatic rings. The summed E-state index contributed by atoms with van der Waals surface area (Å²) in [4.78, 5) is 12.0. The van der Waals surface area contributed by atoms with E-state index in [1.54, 1.807) is 41.3 Å². The minimum atomic E-state index is -0.689. The maximum atomic E-state index is 10.9. The highest BCUT2D eigenvalue weighted by Gasteiger charge is 2.16. The SMILES string of the molecule is N#Cc1cc([N+](=O)[O-])cc(C#N)c1N=Nc1ccc(N(CCO)CCO)cc1. The Labute approximate surface area is 160 Å². The fourth-order valence-electron chi connectivity index (χ4n) is 2.45. The predicted molar refractivity (Wildman–Crippen MR) is 99.5 cm³/mol. The molecule has 0 saturated heterocycles. The first-order valence-electron chi connectivity index (χ1n) is 8.15. The smallest absolute Gasteiger partial charge is 0.272 e. The molecule has 10 heteroatoms. The van der Waals surface area contributed by atoms with E-state index in [-0.39, 0.29) is 35.7 Å². The second-order valence-electron chi connectivity index (χ2n) is 5.52. The van der Waals surface area contributed by atoms with E-state index in [4.69, 9.17) is 10.2 Å². The van der Waals surface area contributed by atoms with E-state index >= 15 is 0 Å². The van der Waals surface area contributed by atoms with Crippen molar-refractivity contribution in [3.8, 4) is 12.1 Å². The molecular formula is C18H16N6O4. The predicted octanol–water partition coefficient (Wildman–Crippen LogP) is 2.54. The summed E-state index contributed by atoms with van der Waals surface area (Å²) in [7, 11) is 0. The Morgan fingerprint density at radius 1 is 1.00 bits per heavy atom. The normalized spacial score (nSPS) is 10.4. The molecule has 0 bridgehead atoms. The van der Waals surface area contributed by atoms with Gasteiger partial charge in [0.1, 0.15) is 17.8 Å². The topological polar surface area (TPSA) is 159 Å². The fourth-order valence-corrected chi connectivity index (χ4v) is 2.45. The van der Waals surface area contributed by atoms with Crippen LogP contribution >= 0.6 is 0 Å². The molecule has 0 atom stereocenters. The number of aliphatic hydroxyl groups is 2. The lowest BCUT2D eigenvalue weighted by Crippen LogP contribution is -2.29. The number of non-ortho nitro benzene ring substituents is 1. The van der Waals surface area contributed by atoms with Gasteiger partial charge >= 0.3 is 0 Å². The summed E-state index contributed by atoms with van der Waals surface area (Å²) >= 11 is 0. The summed E-state index contributed by atoms with van der Waals surface area (Å²) in [6.07, 6.45) is 0. The number of azo groups is 1. The summed E-state index contributed by atoms with van der Waals surface area (Å²) in [5, 5.41) is 55.4. The number of nitrogens with zero attached hydrogens (tertiary/aromatic N) is 6. The number of rotatable bonds is 8. The lowest BCUT2D eigenvalue weighted by molar-refractivity contribution is -0.384. The van der Waals surface area contributed by atoms with Crippen LogP contribution in [-0.4, -0.2) is 41.4 Å². The Kier molecular flexibility index (Phi) is 7.11. The van der Waals surface area contributed by atoms with Gasteiger partial charge in [0, 0.05) is 30.9 Å². The number of anilines is 1. The van der Waals surface area contributed by atoms with E-state index in [2.05, 4.69) is 10.2 Å². The van der Waals surface area contributed by atoms with Gasteiger partial charge in [0.25, 0.3) is 5.69 Å². The van der Waals surface area contributed by atoms with Gasteiger partial charge in [0.2, 0.25) is 0 Å². The third-order valence-electron chi connectivity index (χ3n) is 3.77. The number of nitro groups is 1. The molecule has 0 spiro atoms. The van der Waals surface area contributed by atoms with Crippen LogP contribution in [0.5, 0.6) is 0 Å². The first-order chi connectivity index (χ1) is 13.5. The second-order valence-corrected chi connectivity index (χ2v) is 5.52. The Morgan fingerprint density at radius 3 is 1.96 bits per heavy atom. The maximum absolute atomic E-state index is 10.9. The minimum Gasteiger partial charge on any atom is -0.395 e. The van der Waals surface area contributed by atoms with Gasteiger partial charge in [-0.1, -0.05) is 0 Å². The van der Waals surface area contributed by atoms with Gasteiger partial charge in [-0.25, -0.2) is 0 Å². The highest BCUT2D eigenvalue weighted by atomic mass is 16.6. The Morgan fingerprint density at radius 2 is 1.54 bits per heavy atom. The number of hydrogen-bond donors (Lipinski definition) is 2. The van der Waals surface area contributed by atoms with Crippen LogP contribution in [0.25, 0.3) is 0 Å². The lowest BCUT2D eigenvalue weighted by Gasteiger charge is -2.22. The van der Waals surface area contributed by atoms with Crippen LogP contribution in [0.4, 0.5) is 22.7 Å². The van der Waals surface area contributed by atoms with Crippen molar-refractivity contribution in [3.63, 3.8) is 0 Å². The highest BCUT2D eigenvalue weighted by Crippen LogP contribution is 2.30. The Balaban J connectivity index is 2.32. The Bertz CT molecular complexity index is 919. The first-order valence-corrected chi connectivity index (χ1v) is 8.15. The van der Waals surface area contributed by atoms with Crippen molar-refractivity contribution >= 4 is 22.7 Å². The van der Waals surface area contributed by atoms with E-state index in [0.717, 1.165) is 17.8 Å². The molecule has 0 aliphatic heterocycles. The van der Waals surface area contributed by atoms with Crippen molar-refractivity contribution in [2.24, 2.45) is 10.2 Å². The van der Waals surface area contributed by atoms with Crippen molar-refractivity contribution in [1.29, 1.82) is 10.5 Å². The van der Waals surface area contributed by atoms with Crippen LogP contribution in [0.2, 0.25) is 0 Å². The molecule has 2 N–H and O–H groups in total. The number of nitriles is 2. The van der Waals surface area contributed by atoms with Crippen LogP contribution in [-0.2, 0) is 0 Å². The van der Waals surface area contributed by atoms with Gasteiger partial charge < -0.3 is 15.1 Å². The van der Waals surface area contributed by atoms with E-state index in [1.807, 2.05) is 0 Å². The maximum Gasteiger partial charge on any atom is 0.272 e. The molecule has 0 amide bonds. The quantitative estimate of drug-likeness (QED) is 0.404. The second kappa shape index (κ2) is 9.73. The molecule has 2 rings (SSSR count). The van der Waals surface area contributed by atoms with E-state index < -0.39 is 4.92 Å². The van der Waals surface area contributed by atoms with Gasteiger partial charge in [-0.2, -0.15) is 15.6 Å². The van der Waals surface area contributed by atoms with Gasteiger partial charge in [-0.3, -0.25) is 10.1 Å². The van der Waals surface area contributed by atoms with Crippen LogP contribution in [0.1, 0.15) is 11.1 Å². The molecule has 2 aromatic carbocycles. The van der Waals surface area contributed by atoms with Crippen LogP contribution in [0.15, 0.2) is 46.6 Å². The molecule has 10 nitrogen and oxygen atoms in total. The van der Waals surface area contributed by atoms with Gasteiger partial charge in [-0.15, -0.1) is 5.11 Å². The molecule has 28 heavy (non-hydrogen) atoms. The molecule has 0 aromatic heterocycles. The van der Waals surface area contributed by atoms with E-state index in [1.165, 1.54) is 0 Å². The molecular weight excluding hydrogens is 364 g/mol. The van der Waals surface area contributed by atoms with Crippen molar-refractivity contribution in [1.82, 2.24) is 0 Å². The largest absolute Gasteiger partial charge is 0.395 e. The average molecular weight is 380 g/mol. The molecule has 0 fully saturated rings. The van der Waals surface area contributed by atoms with Gasteiger partial charge in [0.05, 0.1) is 35.0 Å². The summed E-state index contributed by atoms with van der Waals surface area (Å²) in [5.41, 5.74) is 0.549. The van der Waals surface area contributed by atoms with Crippen LogP contribution in [0, 0.1) is 32.8 Å². The van der Waals surface area contributed by atoms with E-state index in [9.17, 15) is 20.6 Å². The summed E-state index contributed by atoms with van der Waals surface area (Å²) in [6, 6.07) is 12.4.